The summed E-state index contributed by atoms with van der Waals surface area (Å²) in [7, 11) is 1.34. The number of hydrogen-bond donors (Lipinski definition) is 2. The van der Waals surface area contributed by atoms with E-state index in [1.54, 1.807) is 6.26 Å². The Balaban J connectivity index is 1.87. The first kappa shape index (κ1) is 13.3. The number of benzene rings is 1. The van der Waals surface area contributed by atoms with Crippen LogP contribution < -0.4 is 10.6 Å². The van der Waals surface area contributed by atoms with Crippen molar-refractivity contribution in [2.75, 3.05) is 24.3 Å². The fourth-order valence-electron chi connectivity index (χ4n) is 1.84. The van der Waals surface area contributed by atoms with Crippen molar-refractivity contribution in [1.29, 1.82) is 0 Å². The molecule has 0 radical (unpaired) electrons. The highest BCUT2D eigenvalue weighted by molar-refractivity contribution is 5.85. The van der Waals surface area contributed by atoms with Crippen LogP contribution in [0, 0.1) is 0 Å². The van der Waals surface area contributed by atoms with Crippen molar-refractivity contribution in [3.8, 4) is 0 Å². The van der Waals surface area contributed by atoms with Crippen LogP contribution in [0.15, 0.2) is 36.6 Å². The molecule has 1 aliphatic rings. The molecule has 0 aromatic heterocycles. The topological polar surface area (TPSA) is 59.6 Å². The van der Waals surface area contributed by atoms with Gasteiger partial charge in [-0.3, -0.25) is 5.32 Å². The molecule has 2 rings (SSSR count). The number of nitrogens with one attached hydrogen (secondary N) is 2. The second kappa shape index (κ2) is 6.68. The van der Waals surface area contributed by atoms with E-state index in [9.17, 15) is 4.79 Å². The maximum atomic E-state index is 11.1. The minimum Gasteiger partial charge on any atom is -0.497 e. The number of carbonyl (C=O) groups is 1. The van der Waals surface area contributed by atoms with Gasteiger partial charge in [-0.1, -0.05) is 6.07 Å². The summed E-state index contributed by atoms with van der Waals surface area (Å²) in [5.74, 6) is 0. The van der Waals surface area contributed by atoms with Crippen LogP contribution >= 0.6 is 0 Å². The maximum Gasteiger partial charge on any atom is 0.411 e. The van der Waals surface area contributed by atoms with Gasteiger partial charge in [0, 0.05) is 11.4 Å². The Morgan fingerprint density at radius 2 is 2.32 bits per heavy atom. The van der Waals surface area contributed by atoms with E-state index in [2.05, 4.69) is 15.4 Å². The fourth-order valence-corrected chi connectivity index (χ4v) is 1.84. The monoisotopic (exact) mass is 262 g/mol. The molecule has 1 aliphatic heterocycles. The van der Waals surface area contributed by atoms with Crippen LogP contribution in [-0.2, 0) is 9.47 Å². The predicted octanol–water partition coefficient (Wildman–Crippen LogP) is 2.97. The van der Waals surface area contributed by atoms with Crippen LogP contribution in [0.5, 0.6) is 0 Å². The van der Waals surface area contributed by atoms with Crippen LogP contribution in [0.3, 0.4) is 0 Å². The Hall–Kier alpha value is -2.17. The lowest BCUT2D eigenvalue weighted by Gasteiger charge is -2.20. The molecule has 0 saturated heterocycles. The lowest BCUT2D eigenvalue weighted by Crippen LogP contribution is -2.23. The standard InChI is InChI=1S/C14H18N2O3/c1-18-14(17)16-12-6-4-5-11(9-12)15-10-13-7-2-3-8-19-13/h3-6,8-9,13,15H,2,7,10H2,1H3,(H,16,17)/t13-/m0/s1. The minimum atomic E-state index is -0.474. The second-order valence-electron chi connectivity index (χ2n) is 4.29. The first-order chi connectivity index (χ1) is 9.28. The van der Waals surface area contributed by atoms with Crippen LogP contribution in [-0.4, -0.2) is 25.9 Å². The number of amides is 1. The Bertz CT molecular complexity index is 460. The fraction of sp³-hybridized carbons (Fsp3) is 0.357. The number of carbonyl (C=O) groups excluding carboxylic acids is 1. The predicted molar refractivity (Wildman–Crippen MR) is 74.2 cm³/mol. The number of hydrogen-bond acceptors (Lipinski definition) is 4. The van der Waals surface area contributed by atoms with Gasteiger partial charge in [0.15, 0.2) is 0 Å². The van der Waals surface area contributed by atoms with Gasteiger partial charge in [0.25, 0.3) is 0 Å². The summed E-state index contributed by atoms with van der Waals surface area (Å²) in [6.45, 7) is 0.742. The molecule has 0 fully saturated rings. The summed E-state index contributed by atoms with van der Waals surface area (Å²) >= 11 is 0. The molecule has 0 unspecified atom stereocenters. The summed E-state index contributed by atoms with van der Waals surface area (Å²) in [5, 5.41) is 5.92. The van der Waals surface area contributed by atoms with Gasteiger partial charge < -0.3 is 14.8 Å². The van der Waals surface area contributed by atoms with E-state index in [4.69, 9.17) is 4.74 Å². The molecule has 1 atom stereocenters. The van der Waals surface area contributed by atoms with Crippen molar-refractivity contribution in [2.45, 2.75) is 18.9 Å². The average Bonchev–Trinajstić information content (AvgIpc) is 2.46. The second-order valence-corrected chi connectivity index (χ2v) is 4.29. The Morgan fingerprint density at radius 3 is 3.05 bits per heavy atom. The van der Waals surface area contributed by atoms with Gasteiger partial charge in [0.2, 0.25) is 0 Å². The van der Waals surface area contributed by atoms with Gasteiger partial charge in [-0.25, -0.2) is 4.79 Å². The van der Waals surface area contributed by atoms with E-state index < -0.39 is 6.09 Å². The van der Waals surface area contributed by atoms with Gasteiger partial charge >= 0.3 is 6.09 Å². The summed E-state index contributed by atoms with van der Waals surface area (Å²) in [5.41, 5.74) is 1.63. The normalized spacial score (nSPS) is 17.4. The van der Waals surface area contributed by atoms with E-state index in [1.165, 1.54) is 7.11 Å². The van der Waals surface area contributed by atoms with Gasteiger partial charge in [-0.05, 0) is 37.1 Å². The maximum absolute atomic E-state index is 11.1. The van der Waals surface area contributed by atoms with Crippen LogP contribution in [0.4, 0.5) is 16.2 Å². The first-order valence-electron chi connectivity index (χ1n) is 6.27. The molecule has 1 aromatic rings. The third kappa shape index (κ3) is 4.21. The Kier molecular flexibility index (Phi) is 4.66. The van der Waals surface area contributed by atoms with Gasteiger partial charge in [0.1, 0.15) is 6.10 Å². The van der Waals surface area contributed by atoms with Gasteiger partial charge in [-0.2, -0.15) is 0 Å². The number of rotatable bonds is 4. The van der Waals surface area contributed by atoms with Crippen LogP contribution in [0.1, 0.15) is 12.8 Å². The highest BCUT2D eigenvalue weighted by Gasteiger charge is 2.10. The van der Waals surface area contributed by atoms with Gasteiger partial charge in [0.05, 0.1) is 19.9 Å². The highest BCUT2D eigenvalue weighted by Crippen LogP contribution is 2.17. The summed E-state index contributed by atoms with van der Waals surface area (Å²) in [6, 6.07) is 7.48. The molecular formula is C14H18N2O3. The highest BCUT2D eigenvalue weighted by atomic mass is 16.5. The number of allylic oxidation sites excluding steroid dienone is 1. The Morgan fingerprint density at radius 1 is 1.47 bits per heavy atom. The molecule has 5 heteroatoms. The van der Waals surface area contributed by atoms with E-state index in [-0.39, 0.29) is 6.10 Å². The Labute approximate surface area is 112 Å². The zero-order valence-corrected chi connectivity index (χ0v) is 10.9. The zero-order chi connectivity index (χ0) is 13.5. The molecule has 19 heavy (non-hydrogen) atoms. The summed E-state index contributed by atoms with van der Waals surface area (Å²) in [6.07, 6.45) is 5.57. The molecule has 1 amide bonds. The molecule has 0 bridgehead atoms. The third-order valence-corrected chi connectivity index (χ3v) is 2.85. The first-order valence-corrected chi connectivity index (χ1v) is 6.27. The van der Waals surface area contributed by atoms with Crippen molar-refractivity contribution in [2.24, 2.45) is 0 Å². The number of methoxy groups -OCH3 is 1. The molecule has 5 nitrogen and oxygen atoms in total. The van der Waals surface area contributed by atoms with E-state index in [0.29, 0.717) is 5.69 Å². The smallest absolute Gasteiger partial charge is 0.411 e. The molecule has 1 aromatic carbocycles. The van der Waals surface area contributed by atoms with Crippen molar-refractivity contribution in [3.63, 3.8) is 0 Å². The van der Waals surface area contributed by atoms with Crippen molar-refractivity contribution >= 4 is 17.5 Å². The molecular weight excluding hydrogens is 244 g/mol. The van der Waals surface area contributed by atoms with Crippen molar-refractivity contribution in [3.05, 3.63) is 36.6 Å². The number of anilines is 2. The van der Waals surface area contributed by atoms with Crippen molar-refractivity contribution < 1.29 is 14.3 Å². The summed E-state index contributed by atoms with van der Waals surface area (Å²) < 4.78 is 10.0. The van der Waals surface area contributed by atoms with E-state index in [1.807, 2.05) is 30.3 Å². The minimum absolute atomic E-state index is 0.197. The summed E-state index contributed by atoms with van der Waals surface area (Å²) in [4.78, 5) is 11.1. The zero-order valence-electron chi connectivity index (χ0n) is 10.9. The quantitative estimate of drug-likeness (QED) is 0.875. The lowest BCUT2D eigenvalue weighted by molar-refractivity contribution is 0.135. The van der Waals surface area contributed by atoms with E-state index in [0.717, 1.165) is 25.1 Å². The SMILES string of the molecule is COC(=O)Nc1cccc(NC[C@@H]2CCC=CO2)c1. The lowest BCUT2D eigenvalue weighted by atomic mass is 10.1. The van der Waals surface area contributed by atoms with Crippen LogP contribution in [0.25, 0.3) is 0 Å². The molecule has 0 aliphatic carbocycles. The molecule has 0 saturated carbocycles. The van der Waals surface area contributed by atoms with E-state index >= 15 is 0 Å². The number of ether oxygens (including phenoxy) is 2. The molecule has 2 N–H and O–H groups in total. The molecule has 102 valence electrons. The molecule has 0 spiro atoms. The van der Waals surface area contributed by atoms with Gasteiger partial charge in [-0.15, -0.1) is 0 Å². The van der Waals surface area contributed by atoms with Crippen LogP contribution in [0.2, 0.25) is 0 Å². The third-order valence-electron chi connectivity index (χ3n) is 2.85. The van der Waals surface area contributed by atoms with Crippen molar-refractivity contribution in [1.82, 2.24) is 0 Å². The average molecular weight is 262 g/mol. The molecule has 1 heterocycles. The largest absolute Gasteiger partial charge is 0.497 e.